The molecule has 88 valence electrons. The van der Waals surface area contributed by atoms with Crippen LogP contribution in [0.25, 0.3) is 0 Å². The second-order valence-corrected chi connectivity index (χ2v) is 3.28. The van der Waals surface area contributed by atoms with Gasteiger partial charge in [0.25, 0.3) is 6.43 Å². The Morgan fingerprint density at radius 3 is 2.75 bits per heavy atom. The van der Waals surface area contributed by atoms with E-state index < -0.39 is 24.5 Å². The molecule has 1 aromatic rings. The predicted molar refractivity (Wildman–Crippen MR) is 52.1 cm³/mol. The molecule has 0 fully saturated rings. The van der Waals surface area contributed by atoms with E-state index in [0.29, 0.717) is 0 Å². The molecular formula is C9H8ClF2NO3. The summed E-state index contributed by atoms with van der Waals surface area (Å²) in [7, 11) is 1.20. The number of aliphatic carboxylic acids is 1. The lowest BCUT2D eigenvalue weighted by molar-refractivity contribution is -0.136. The largest absolute Gasteiger partial charge is 0.495 e. The first kappa shape index (κ1) is 12.6. The molecule has 0 bridgehead atoms. The summed E-state index contributed by atoms with van der Waals surface area (Å²) in [6.07, 6.45) is -3.36. The monoisotopic (exact) mass is 251 g/mol. The summed E-state index contributed by atoms with van der Waals surface area (Å²) in [6.45, 7) is 0. The summed E-state index contributed by atoms with van der Waals surface area (Å²) >= 11 is 5.68. The quantitative estimate of drug-likeness (QED) is 0.892. The summed E-state index contributed by atoms with van der Waals surface area (Å²) < 4.78 is 29.7. The fourth-order valence-electron chi connectivity index (χ4n) is 1.11. The van der Waals surface area contributed by atoms with Gasteiger partial charge in [-0.05, 0) is 0 Å². The molecule has 16 heavy (non-hydrogen) atoms. The van der Waals surface area contributed by atoms with Gasteiger partial charge in [-0.1, -0.05) is 11.6 Å². The van der Waals surface area contributed by atoms with E-state index in [4.69, 9.17) is 16.7 Å². The number of carboxylic acid groups (broad SMARTS) is 1. The highest BCUT2D eigenvalue weighted by Gasteiger charge is 2.20. The number of rotatable bonds is 4. The maximum Gasteiger partial charge on any atom is 0.309 e. The summed E-state index contributed by atoms with van der Waals surface area (Å²) in [5.41, 5.74) is -0.714. The van der Waals surface area contributed by atoms with E-state index in [0.717, 1.165) is 6.07 Å². The highest BCUT2D eigenvalue weighted by molar-refractivity contribution is 6.31. The number of hydrogen-bond donors (Lipinski definition) is 1. The van der Waals surface area contributed by atoms with Crippen LogP contribution in [0, 0.1) is 0 Å². The third-order valence-electron chi connectivity index (χ3n) is 1.79. The highest BCUT2D eigenvalue weighted by Crippen LogP contribution is 2.31. The van der Waals surface area contributed by atoms with E-state index in [1.807, 2.05) is 0 Å². The lowest BCUT2D eigenvalue weighted by Crippen LogP contribution is -2.06. The van der Waals surface area contributed by atoms with E-state index >= 15 is 0 Å². The van der Waals surface area contributed by atoms with Crippen molar-refractivity contribution in [2.75, 3.05) is 7.11 Å². The van der Waals surface area contributed by atoms with E-state index in [-0.39, 0.29) is 16.5 Å². The molecule has 0 saturated heterocycles. The maximum absolute atomic E-state index is 12.5. The average Bonchev–Trinajstić information content (AvgIpc) is 2.19. The molecule has 0 amide bonds. The Labute approximate surface area is 94.8 Å². The minimum absolute atomic E-state index is 0.0105. The topological polar surface area (TPSA) is 59.4 Å². The molecule has 1 rings (SSSR count). The highest BCUT2D eigenvalue weighted by atomic mass is 35.5. The van der Waals surface area contributed by atoms with Gasteiger partial charge in [0.2, 0.25) is 0 Å². The zero-order chi connectivity index (χ0) is 12.3. The van der Waals surface area contributed by atoms with Crippen LogP contribution < -0.4 is 4.74 Å². The van der Waals surface area contributed by atoms with Crippen LogP contribution in [0.2, 0.25) is 5.02 Å². The zero-order valence-corrected chi connectivity index (χ0v) is 8.96. The molecule has 7 heteroatoms. The van der Waals surface area contributed by atoms with Crippen LogP contribution in [0.3, 0.4) is 0 Å². The van der Waals surface area contributed by atoms with Crippen molar-refractivity contribution in [1.82, 2.24) is 4.98 Å². The molecule has 1 N–H and O–H groups in total. The second kappa shape index (κ2) is 5.07. The molecule has 0 unspecified atom stereocenters. The Morgan fingerprint density at radius 1 is 1.69 bits per heavy atom. The smallest absolute Gasteiger partial charge is 0.309 e. The van der Waals surface area contributed by atoms with Crippen molar-refractivity contribution in [3.63, 3.8) is 0 Å². The first-order chi connectivity index (χ1) is 7.45. The number of methoxy groups -OCH3 is 1. The molecule has 0 aliphatic heterocycles. The Hall–Kier alpha value is -1.43. The molecule has 0 atom stereocenters. The number of halogens is 3. The number of nitrogens with zero attached hydrogens (tertiary/aromatic N) is 1. The minimum atomic E-state index is -2.85. The van der Waals surface area contributed by atoms with Crippen LogP contribution in [0.15, 0.2) is 6.07 Å². The summed E-state index contributed by atoms with van der Waals surface area (Å²) in [6, 6.07) is 1.13. The Balaban J connectivity index is 3.21. The molecule has 0 saturated carbocycles. The SMILES string of the molecule is COc1cc(Cl)c(CC(=O)O)nc1C(F)F. The zero-order valence-electron chi connectivity index (χ0n) is 8.21. The lowest BCUT2D eigenvalue weighted by atomic mass is 10.2. The molecule has 0 aliphatic rings. The number of carbonyl (C=O) groups is 1. The predicted octanol–water partition coefficient (Wildman–Crippen LogP) is 2.31. The molecule has 0 spiro atoms. The van der Waals surface area contributed by atoms with Crippen molar-refractivity contribution < 1.29 is 23.4 Å². The number of aromatic nitrogens is 1. The van der Waals surface area contributed by atoms with Gasteiger partial charge in [-0.2, -0.15) is 0 Å². The summed E-state index contributed by atoms with van der Waals surface area (Å²) in [4.78, 5) is 13.9. The van der Waals surface area contributed by atoms with E-state index in [1.54, 1.807) is 0 Å². The Kier molecular flexibility index (Phi) is 4.00. The van der Waals surface area contributed by atoms with Crippen LogP contribution in [-0.4, -0.2) is 23.2 Å². The van der Waals surface area contributed by atoms with Gasteiger partial charge in [-0.15, -0.1) is 0 Å². The molecule has 1 heterocycles. The minimum Gasteiger partial charge on any atom is -0.495 e. The first-order valence-corrected chi connectivity index (χ1v) is 4.56. The summed E-state index contributed by atoms with van der Waals surface area (Å²) in [5.74, 6) is -1.35. The van der Waals surface area contributed by atoms with Crippen molar-refractivity contribution in [3.8, 4) is 5.75 Å². The Morgan fingerprint density at radius 2 is 2.31 bits per heavy atom. The van der Waals surface area contributed by atoms with Crippen LogP contribution in [0.1, 0.15) is 17.8 Å². The number of hydrogen-bond acceptors (Lipinski definition) is 3. The van der Waals surface area contributed by atoms with E-state index in [1.165, 1.54) is 7.11 Å². The van der Waals surface area contributed by atoms with Crippen molar-refractivity contribution >= 4 is 17.6 Å². The first-order valence-electron chi connectivity index (χ1n) is 4.19. The van der Waals surface area contributed by atoms with Crippen LogP contribution in [0.5, 0.6) is 5.75 Å². The fourth-order valence-corrected chi connectivity index (χ4v) is 1.32. The van der Waals surface area contributed by atoms with Gasteiger partial charge in [0.1, 0.15) is 11.4 Å². The fraction of sp³-hybridized carbons (Fsp3) is 0.333. The van der Waals surface area contributed by atoms with Crippen molar-refractivity contribution in [2.45, 2.75) is 12.8 Å². The molecule has 0 aliphatic carbocycles. The maximum atomic E-state index is 12.5. The van der Waals surface area contributed by atoms with Crippen molar-refractivity contribution in [1.29, 1.82) is 0 Å². The Bertz CT molecular complexity index is 412. The van der Waals surface area contributed by atoms with Gasteiger partial charge in [0, 0.05) is 6.07 Å². The van der Waals surface area contributed by atoms with Crippen LogP contribution in [0.4, 0.5) is 8.78 Å². The van der Waals surface area contributed by atoms with E-state index in [2.05, 4.69) is 9.72 Å². The molecule has 0 aromatic carbocycles. The van der Waals surface area contributed by atoms with Gasteiger partial charge in [-0.25, -0.2) is 13.8 Å². The molecule has 0 radical (unpaired) electrons. The standard InChI is InChI=1S/C9H8ClF2NO3/c1-16-6-2-4(10)5(3-7(14)15)13-8(6)9(11)12/h2,9H,3H2,1H3,(H,14,15). The third kappa shape index (κ3) is 2.79. The second-order valence-electron chi connectivity index (χ2n) is 2.88. The van der Waals surface area contributed by atoms with Crippen molar-refractivity contribution in [2.24, 2.45) is 0 Å². The van der Waals surface area contributed by atoms with Gasteiger partial charge in [0.05, 0.1) is 24.2 Å². The van der Waals surface area contributed by atoms with Gasteiger partial charge < -0.3 is 9.84 Å². The summed E-state index contributed by atoms with van der Waals surface area (Å²) in [5, 5.41) is 8.52. The van der Waals surface area contributed by atoms with Gasteiger partial charge in [-0.3, -0.25) is 4.79 Å². The molecule has 1 aromatic heterocycles. The number of alkyl halides is 2. The normalized spacial score (nSPS) is 10.6. The van der Waals surface area contributed by atoms with Gasteiger partial charge in [0.15, 0.2) is 0 Å². The average molecular weight is 252 g/mol. The lowest BCUT2D eigenvalue weighted by Gasteiger charge is -2.09. The van der Waals surface area contributed by atoms with E-state index in [9.17, 15) is 13.6 Å². The molecule has 4 nitrogen and oxygen atoms in total. The van der Waals surface area contributed by atoms with Crippen molar-refractivity contribution in [3.05, 3.63) is 22.5 Å². The van der Waals surface area contributed by atoms with Crippen LogP contribution in [-0.2, 0) is 11.2 Å². The third-order valence-corrected chi connectivity index (χ3v) is 2.11. The number of carboxylic acids is 1. The number of ether oxygens (including phenoxy) is 1. The number of pyridine rings is 1. The van der Waals surface area contributed by atoms with Crippen LogP contribution >= 0.6 is 11.6 Å². The molecular weight excluding hydrogens is 244 g/mol. The van der Waals surface area contributed by atoms with Gasteiger partial charge >= 0.3 is 5.97 Å².